The molecule has 0 radical (unpaired) electrons. The molecule has 4 N–H and O–H groups in total. The van der Waals surface area contributed by atoms with Gasteiger partial charge in [0.15, 0.2) is 0 Å². The minimum atomic E-state index is 0.390. The van der Waals surface area contributed by atoms with Crippen molar-refractivity contribution < 1.29 is 0 Å². The first kappa shape index (κ1) is 15.5. The van der Waals surface area contributed by atoms with E-state index in [1.54, 1.807) is 12.1 Å². The van der Waals surface area contributed by atoms with Gasteiger partial charge in [0.25, 0.3) is 0 Å². The smallest absolute Gasteiger partial charge is 0.217 e. The molecule has 0 aliphatic carbocycles. The van der Waals surface area contributed by atoms with Crippen molar-refractivity contribution in [3.63, 3.8) is 0 Å². The average Bonchev–Trinajstić information content (AvgIpc) is 3.04. The summed E-state index contributed by atoms with van der Waals surface area (Å²) in [6, 6.07) is 17.2. The normalized spacial score (nSPS) is 11.3. The van der Waals surface area contributed by atoms with Gasteiger partial charge in [0.1, 0.15) is 0 Å². The molecule has 2 aromatic carbocycles. The lowest BCUT2D eigenvalue weighted by atomic mass is 10.2. The van der Waals surface area contributed by atoms with E-state index in [0.29, 0.717) is 16.1 Å². The second kappa shape index (κ2) is 7.23. The van der Waals surface area contributed by atoms with E-state index in [4.69, 9.17) is 17.4 Å². The Balaban J connectivity index is 1.80. The van der Waals surface area contributed by atoms with Gasteiger partial charge in [-0.3, -0.25) is 5.43 Å². The summed E-state index contributed by atoms with van der Waals surface area (Å²) in [7, 11) is 0. The molecule has 0 unspecified atom stereocenters. The third-order valence-electron chi connectivity index (χ3n) is 2.99. The second-order valence-corrected chi connectivity index (χ2v) is 5.89. The molecule has 0 aliphatic rings. The molecular formula is C16H14ClN5S. The highest BCUT2D eigenvalue weighted by atomic mass is 35.5. The van der Waals surface area contributed by atoms with Crippen molar-refractivity contribution >= 4 is 39.7 Å². The summed E-state index contributed by atoms with van der Waals surface area (Å²) in [5, 5.41) is 6.26. The molecular weight excluding hydrogens is 330 g/mol. The van der Waals surface area contributed by atoms with Crippen LogP contribution in [0.3, 0.4) is 0 Å². The quantitative estimate of drug-likeness (QED) is 0.290. The Bertz CT molecular complexity index is 816. The first-order chi connectivity index (χ1) is 11.2. The Hall–Kier alpha value is -2.41. The van der Waals surface area contributed by atoms with E-state index in [2.05, 4.69) is 20.7 Å². The fraction of sp³-hybridized carbons (Fsp3) is 0. The molecule has 5 nitrogen and oxygen atoms in total. The number of rotatable bonds is 3. The standard InChI is InChI=1S/C16H14ClN5S/c17-12-7-4-8-13(9-12)19-15(22-18)21-16-20-14(10-23-16)11-5-2-1-3-6-11/h1-10H,18H2,(H2,19,20,21,22). The topological polar surface area (TPSA) is 75.3 Å². The molecule has 0 saturated carbocycles. The molecule has 116 valence electrons. The number of nitrogens with two attached hydrogens (primary N) is 1. The summed E-state index contributed by atoms with van der Waals surface area (Å²) in [6.07, 6.45) is 0. The number of guanidine groups is 1. The van der Waals surface area contributed by atoms with Crippen LogP contribution in [0.25, 0.3) is 11.3 Å². The number of aliphatic imine (C=N–C) groups is 1. The maximum Gasteiger partial charge on any atom is 0.217 e. The lowest BCUT2D eigenvalue weighted by Gasteiger charge is -2.08. The molecule has 0 aliphatic heterocycles. The number of halogens is 1. The van der Waals surface area contributed by atoms with Crippen LogP contribution < -0.4 is 16.6 Å². The molecule has 23 heavy (non-hydrogen) atoms. The van der Waals surface area contributed by atoms with Crippen molar-refractivity contribution in [1.82, 2.24) is 10.4 Å². The third kappa shape index (κ3) is 4.07. The Morgan fingerprint density at radius 1 is 1.13 bits per heavy atom. The Morgan fingerprint density at radius 3 is 2.70 bits per heavy atom. The largest absolute Gasteiger partial charge is 0.325 e. The number of nitrogens with one attached hydrogen (secondary N) is 2. The number of anilines is 1. The van der Waals surface area contributed by atoms with Crippen LogP contribution in [0.15, 0.2) is 65.0 Å². The Kier molecular flexibility index (Phi) is 4.87. The Morgan fingerprint density at radius 2 is 1.96 bits per heavy atom. The van der Waals surface area contributed by atoms with Gasteiger partial charge >= 0.3 is 0 Å². The van der Waals surface area contributed by atoms with E-state index in [1.807, 2.05) is 47.8 Å². The second-order valence-electron chi connectivity index (χ2n) is 4.62. The van der Waals surface area contributed by atoms with Crippen molar-refractivity contribution in [2.24, 2.45) is 10.8 Å². The van der Waals surface area contributed by atoms with Crippen molar-refractivity contribution in [2.75, 3.05) is 5.32 Å². The number of benzene rings is 2. The third-order valence-corrected chi connectivity index (χ3v) is 3.96. The molecule has 0 spiro atoms. The number of hydrogen-bond donors (Lipinski definition) is 3. The minimum Gasteiger partial charge on any atom is -0.325 e. The van der Waals surface area contributed by atoms with Crippen LogP contribution in [0.1, 0.15) is 0 Å². The van der Waals surface area contributed by atoms with E-state index in [0.717, 1.165) is 16.9 Å². The van der Waals surface area contributed by atoms with Gasteiger partial charge < -0.3 is 5.32 Å². The van der Waals surface area contributed by atoms with Crippen LogP contribution in [0.5, 0.6) is 0 Å². The SMILES string of the molecule is NN/C(=N\c1nc(-c2ccccc2)cs1)Nc1cccc(Cl)c1. The van der Waals surface area contributed by atoms with Crippen molar-refractivity contribution in [1.29, 1.82) is 0 Å². The molecule has 0 saturated heterocycles. The molecule has 3 aromatic rings. The molecule has 0 bridgehead atoms. The molecule has 0 atom stereocenters. The predicted molar refractivity (Wildman–Crippen MR) is 97.0 cm³/mol. The highest BCUT2D eigenvalue weighted by molar-refractivity contribution is 7.13. The fourth-order valence-electron chi connectivity index (χ4n) is 1.95. The zero-order chi connectivity index (χ0) is 16.1. The van der Waals surface area contributed by atoms with E-state index in [9.17, 15) is 0 Å². The number of aromatic nitrogens is 1. The van der Waals surface area contributed by atoms with Gasteiger partial charge in [-0.25, -0.2) is 10.8 Å². The summed E-state index contributed by atoms with van der Waals surface area (Å²) in [6.45, 7) is 0. The predicted octanol–water partition coefficient (Wildman–Crippen LogP) is 4.03. The molecule has 1 heterocycles. The van der Waals surface area contributed by atoms with E-state index in [-0.39, 0.29) is 0 Å². The fourth-order valence-corrected chi connectivity index (χ4v) is 2.84. The summed E-state index contributed by atoms with van der Waals surface area (Å²) in [5.74, 6) is 5.92. The highest BCUT2D eigenvalue weighted by Crippen LogP contribution is 2.26. The van der Waals surface area contributed by atoms with Gasteiger partial charge in [0.2, 0.25) is 11.1 Å². The molecule has 1 aromatic heterocycles. The maximum atomic E-state index is 5.96. The van der Waals surface area contributed by atoms with Crippen LogP contribution >= 0.6 is 22.9 Å². The number of nitrogens with zero attached hydrogens (tertiary/aromatic N) is 2. The van der Waals surface area contributed by atoms with Crippen molar-refractivity contribution in [3.05, 3.63) is 65.0 Å². The zero-order valence-electron chi connectivity index (χ0n) is 12.0. The van der Waals surface area contributed by atoms with E-state index < -0.39 is 0 Å². The van der Waals surface area contributed by atoms with Gasteiger partial charge in [-0.2, -0.15) is 4.99 Å². The highest BCUT2D eigenvalue weighted by Gasteiger charge is 2.05. The van der Waals surface area contributed by atoms with E-state index >= 15 is 0 Å². The van der Waals surface area contributed by atoms with Crippen molar-refractivity contribution in [2.45, 2.75) is 0 Å². The molecule has 0 amide bonds. The molecule has 3 rings (SSSR count). The lowest BCUT2D eigenvalue weighted by Crippen LogP contribution is -2.35. The average molecular weight is 344 g/mol. The number of thiazole rings is 1. The van der Waals surface area contributed by atoms with Crippen LogP contribution in [0.2, 0.25) is 5.02 Å². The maximum absolute atomic E-state index is 5.96. The molecule has 0 fully saturated rings. The van der Waals surface area contributed by atoms with Crippen LogP contribution in [-0.2, 0) is 0 Å². The van der Waals surface area contributed by atoms with Gasteiger partial charge in [-0.1, -0.05) is 48.0 Å². The van der Waals surface area contributed by atoms with Gasteiger partial charge in [0.05, 0.1) is 5.69 Å². The van der Waals surface area contributed by atoms with Crippen LogP contribution in [-0.4, -0.2) is 10.9 Å². The van der Waals surface area contributed by atoms with E-state index in [1.165, 1.54) is 11.3 Å². The first-order valence-electron chi connectivity index (χ1n) is 6.83. The number of hydrogen-bond acceptors (Lipinski definition) is 4. The summed E-state index contributed by atoms with van der Waals surface area (Å²) in [4.78, 5) is 8.88. The van der Waals surface area contributed by atoms with Gasteiger partial charge in [0, 0.05) is 21.7 Å². The molecule has 7 heteroatoms. The van der Waals surface area contributed by atoms with Gasteiger partial charge in [-0.15, -0.1) is 11.3 Å². The summed E-state index contributed by atoms with van der Waals surface area (Å²) >= 11 is 7.40. The van der Waals surface area contributed by atoms with Crippen molar-refractivity contribution in [3.8, 4) is 11.3 Å². The lowest BCUT2D eigenvalue weighted by molar-refractivity contribution is 1.02. The zero-order valence-corrected chi connectivity index (χ0v) is 13.6. The van der Waals surface area contributed by atoms with Gasteiger partial charge in [-0.05, 0) is 18.2 Å². The monoisotopic (exact) mass is 343 g/mol. The summed E-state index contributed by atoms with van der Waals surface area (Å²) < 4.78 is 0. The summed E-state index contributed by atoms with van der Waals surface area (Å²) in [5.41, 5.74) is 5.25. The number of hydrazine groups is 1. The Labute approximate surface area is 142 Å². The minimum absolute atomic E-state index is 0.390. The van der Waals surface area contributed by atoms with Crippen LogP contribution in [0, 0.1) is 0 Å². The van der Waals surface area contributed by atoms with Crippen LogP contribution in [0.4, 0.5) is 10.8 Å². The first-order valence-corrected chi connectivity index (χ1v) is 8.09.